The predicted octanol–water partition coefficient (Wildman–Crippen LogP) is 6.76. The molecular formula is C30H28N2O5. The van der Waals surface area contributed by atoms with Gasteiger partial charge in [0.25, 0.3) is 5.69 Å². The van der Waals surface area contributed by atoms with Gasteiger partial charge in [0, 0.05) is 28.6 Å². The van der Waals surface area contributed by atoms with Crippen LogP contribution in [0.5, 0.6) is 0 Å². The second kappa shape index (κ2) is 9.93. The summed E-state index contributed by atoms with van der Waals surface area (Å²) in [5, 5.41) is 11.6. The Kier molecular flexibility index (Phi) is 6.90. The number of nitrogens with zero attached hydrogens (tertiary/aromatic N) is 2. The molecule has 1 aromatic heterocycles. The van der Waals surface area contributed by atoms with Crippen LogP contribution in [0.1, 0.15) is 58.2 Å². The normalized spacial score (nSPS) is 11.4. The maximum absolute atomic E-state index is 13.2. The van der Waals surface area contributed by atoms with Crippen LogP contribution in [-0.4, -0.2) is 28.3 Å². The van der Waals surface area contributed by atoms with E-state index >= 15 is 0 Å². The van der Waals surface area contributed by atoms with E-state index in [0.717, 1.165) is 22.3 Å². The van der Waals surface area contributed by atoms with Crippen molar-refractivity contribution in [2.75, 3.05) is 6.61 Å². The Morgan fingerprint density at radius 3 is 2.41 bits per heavy atom. The number of aryl methyl sites for hydroxylation is 1. The Morgan fingerprint density at radius 1 is 0.973 bits per heavy atom. The Bertz CT molecular complexity index is 1550. The van der Waals surface area contributed by atoms with Gasteiger partial charge in [0.05, 0.1) is 21.7 Å². The Morgan fingerprint density at radius 2 is 1.70 bits per heavy atom. The van der Waals surface area contributed by atoms with Crippen LogP contribution < -0.4 is 0 Å². The molecule has 0 aliphatic rings. The van der Waals surface area contributed by atoms with Crippen LogP contribution in [-0.2, 0) is 10.2 Å². The maximum Gasteiger partial charge on any atom is 0.339 e. The van der Waals surface area contributed by atoms with Crippen molar-refractivity contribution in [1.29, 1.82) is 0 Å². The van der Waals surface area contributed by atoms with E-state index in [0.29, 0.717) is 22.2 Å². The summed E-state index contributed by atoms with van der Waals surface area (Å²) in [5.74, 6) is -1.19. The molecule has 0 bridgehead atoms. The van der Waals surface area contributed by atoms with E-state index in [1.54, 1.807) is 12.1 Å². The molecule has 0 aliphatic heterocycles. The van der Waals surface area contributed by atoms with Crippen LogP contribution in [0, 0.1) is 24.0 Å². The minimum Gasteiger partial charge on any atom is -0.454 e. The summed E-state index contributed by atoms with van der Waals surface area (Å²) in [6.07, 6.45) is 0. The van der Waals surface area contributed by atoms with E-state index in [2.05, 4.69) is 39.8 Å². The summed E-state index contributed by atoms with van der Waals surface area (Å²) >= 11 is 0. The van der Waals surface area contributed by atoms with Crippen molar-refractivity contribution in [3.05, 3.63) is 105 Å². The lowest BCUT2D eigenvalue weighted by Crippen LogP contribution is -2.15. The second-order valence-electron chi connectivity index (χ2n) is 10.1. The third-order valence-corrected chi connectivity index (χ3v) is 6.46. The first kappa shape index (κ1) is 25.7. The number of rotatable bonds is 6. The molecule has 4 aromatic rings. The third-order valence-electron chi connectivity index (χ3n) is 6.46. The van der Waals surface area contributed by atoms with Gasteiger partial charge >= 0.3 is 5.97 Å². The van der Waals surface area contributed by atoms with E-state index < -0.39 is 23.3 Å². The zero-order valence-corrected chi connectivity index (χ0v) is 21.5. The van der Waals surface area contributed by atoms with Crippen LogP contribution in [0.15, 0.2) is 66.7 Å². The zero-order chi connectivity index (χ0) is 26.9. The quantitative estimate of drug-likeness (QED) is 0.126. The van der Waals surface area contributed by atoms with E-state index in [9.17, 15) is 19.7 Å². The standard InChI is InChI=1S/C30H28N2O5/c1-18-13-21(30(3,4)5)15-24(19(18)2)27-16-25(23-11-6-7-12-26(23)31-27)29(34)37-17-28(33)20-9-8-10-22(14-20)32(35)36/h6-16H,17H2,1-5H3. The fourth-order valence-corrected chi connectivity index (χ4v) is 4.13. The van der Waals surface area contributed by atoms with Gasteiger partial charge in [-0.2, -0.15) is 0 Å². The number of para-hydroxylation sites is 1. The van der Waals surface area contributed by atoms with Gasteiger partial charge in [0.1, 0.15) is 0 Å². The number of pyridine rings is 1. The van der Waals surface area contributed by atoms with Crippen LogP contribution in [0.2, 0.25) is 0 Å². The highest BCUT2D eigenvalue weighted by Gasteiger charge is 2.21. The number of Topliss-reactive ketones (excluding diaryl/α,β-unsaturated/α-hetero) is 1. The number of carbonyl (C=O) groups is 2. The highest BCUT2D eigenvalue weighted by molar-refractivity contribution is 6.06. The topological polar surface area (TPSA) is 99.4 Å². The number of hydrogen-bond donors (Lipinski definition) is 0. The number of aromatic nitrogens is 1. The Balaban J connectivity index is 1.71. The molecule has 0 aliphatic carbocycles. The largest absolute Gasteiger partial charge is 0.454 e. The number of ketones is 1. The summed E-state index contributed by atoms with van der Waals surface area (Å²) in [6.45, 7) is 10.00. The number of nitro groups is 1. The van der Waals surface area contributed by atoms with Crippen molar-refractivity contribution in [2.24, 2.45) is 0 Å². The van der Waals surface area contributed by atoms with Crippen molar-refractivity contribution in [1.82, 2.24) is 4.98 Å². The van der Waals surface area contributed by atoms with Gasteiger partial charge in [-0.25, -0.2) is 9.78 Å². The van der Waals surface area contributed by atoms with Crippen molar-refractivity contribution >= 4 is 28.3 Å². The maximum atomic E-state index is 13.2. The van der Waals surface area contributed by atoms with Gasteiger partial charge in [-0.3, -0.25) is 14.9 Å². The van der Waals surface area contributed by atoms with E-state index in [1.165, 1.54) is 24.3 Å². The van der Waals surface area contributed by atoms with E-state index in [4.69, 9.17) is 9.72 Å². The minimum atomic E-state index is -0.667. The van der Waals surface area contributed by atoms with Crippen LogP contribution in [0.3, 0.4) is 0 Å². The molecule has 4 rings (SSSR count). The average Bonchev–Trinajstić information content (AvgIpc) is 2.87. The monoisotopic (exact) mass is 496 g/mol. The molecule has 7 nitrogen and oxygen atoms in total. The highest BCUT2D eigenvalue weighted by Crippen LogP contribution is 2.33. The summed E-state index contributed by atoms with van der Waals surface area (Å²) in [6, 6.07) is 18.6. The average molecular weight is 497 g/mol. The Labute approximate surface area is 215 Å². The van der Waals surface area contributed by atoms with Gasteiger partial charge in [-0.05, 0) is 54.2 Å². The molecule has 1 heterocycles. The molecule has 37 heavy (non-hydrogen) atoms. The number of hydrogen-bond acceptors (Lipinski definition) is 6. The molecule has 0 unspecified atom stereocenters. The summed E-state index contributed by atoms with van der Waals surface area (Å²) in [4.78, 5) is 41.1. The van der Waals surface area contributed by atoms with Gasteiger partial charge in [-0.15, -0.1) is 0 Å². The molecule has 0 saturated carbocycles. The number of non-ortho nitro benzene ring substituents is 1. The molecule has 0 spiro atoms. The van der Waals surface area contributed by atoms with Crippen LogP contribution in [0.25, 0.3) is 22.2 Å². The van der Waals surface area contributed by atoms with Gasteiger partial charge < -0.3 is 4.74 Å². The third kappa shape index (κ3) is 5.40. The molecule has 0 amide bonds. The lowest BCUT2D eigenvalue weighted by molar-refractivity contribution is -0.384. The lowest BCUT2D eigenvalue weighted by atomic mass is 9.83. The highest BCUT2D eigenvalue weighted by atomic mass is 16.6. The van der Waals surface area contributed by atoms with Crippen LogP contribution in [0.4, 0.5) is 5.69 Å². The number of carbonyl (C=O) groups excluding carboxylic acids is 2. The smallest absolute Gasteiger partial charge is 0.339 e. The minimum absolute atomic E-state index is 0.0707. The van der Waals surface area contributed by atoms with Crippen molar-refractivity contribution in [3.8, 4) is 11.3 Å². The first-order valence-corrected chi connectivity index (χ1v) is 11.9. The van der Waals surface area contributed by atoms with Crippen molar-refractivity contribution in [2.45, 2.75) is 40.0 Å². The number of esters is 1. The molecule has 0 atom stereocenters. The van der Waals surface area contributed by atoms with E-state index in [1.807, 2.05) is 25.1 Å². The predicted molar refractivity (Wildman–Crippen MR) is 143 cm³/mol. The number of nitro benzene ring substituents is 1. The van der Waals surface area contributed by atoms with Crippen molar-refractivity contribution < 1.29 is 19.2 Å². The molecule has 188 valence electrons. The number of ether oxygens (including phenoxy) is 1. The molecule has 3 aromatic carbocycles. The Hall–Kier alpha value is -4.39. The summed E-state index contributed by atoms with van der Waals surface area (Å²) < 4.78 is 5.39. The summed E-state index contributed by atoms with van der Waals surface area (Å²) in [5.41, 5.74) is 5.68. The SMILES string of the molecule is Cc1cc(C(C)(C)C)cc(-c2cc(C(=O)OCC(=O)c3cccc([N+](=O)[O-])c3)c3ccccc3n2)c1C. The van der Waals surface area contributed by atoms with Gasteiger partial charge in [0.2, 0.25) is 5.78 Å². The molecule has 0 N–H and O–H groups in total. The first-order chi connectivity index (χ1) is 17.5. The second-order valence-corrected chi connectivity index (χ2v) is 10.1. The van der Waals surface area contributed by atoms with Crippen LogP contribution >= 0.6 is 0 Å². The first-order valence-electron chi connectivity index (χ1n) is 11.9. The molecule has 0 fully saturated rings. The summed E-state index contributed by atoms with van der Waals surface area (Å²) in [7, 11) is 0. The fraction of sp³-hybridized carbons (Fsp3) is 0.233. The molecule has 0 radical (unpaired) electrons. The van der Waals surface area contributed by atoms with Crippen molar-refractivity contribution in [3.63, 3.8) is 0 Å². The zero-order valence-electron chi connectivity index (χ0n) is 21.5. The van der Waals surface area contributed by atoms with Gasteiger partial charge in [-0.1, -0.05) is 57.2 Å². The molecular weight excluding hydrogens is 468 g/mol. The molecule has 0 saturated heterocycles. The number of benzene rings is 3. The molecule has 7 heteroatoms. The lowest BCUT2D eigenvalue weighted by Gasteiger charge is -2.22. The number of fused-ring (bicyclic) bond motifs is 1. The van der Waals surface area contributed by atoms with Gasteiger partial charge in [0.15, 0.2) is 6.61 Å². The fourth-order valence-electron chi connectivity index (χ4n) is 4.13. The van der Waals surface area contributed by atoms with E-state index in [-0.39, 0.29) is 16.7 Å².